The first-order chi connectivity index (χ1) is 7.95. The normalized spacial score (nSPS) is 30.5. The number of aliphatic hydroxyl groups is 1. The van der Waals surface area contributed by atoms with Crippen molar-refractivity contribution in [3.8, 4) is 6.07 Å². The van der Waals surface area contributed by atoms with Crippen molar-refractivity contribution in [3.63, 3.8) is 0 Å². The third-order valence-electron chi connectivity index (χ3n) is 3.61. The van der Waals surface area contributed by atoms with Crippen molar-refractivity contribution >= 4 is 0 Å². The first-order valence-electron chi connectivity index (χ1n) is 5.84. The maximum Gasteiger partial charge on any atom is 0.248 e. The summed E-state index contributed by atoms with van der Waals surface area (Å²) >= 11 is 0. The average Bonchev–Trinajstić information content (AvgIpc) is 2.34. The van der Waals surface area contributed by atoms with E-state index < -0.39 is 11.5 Å². The largest absolute Gasteiger partial charge is 0.385 e. The maximum absolute atomic E-state index is 13.0. The summed E-state index contributed by atoms with van der Waals surface area (Å²) in [5, 5.41) is 19.1. The molecule has 0 aromatic heterocycles. The second-order valence-electron chi connectivity index (χ2n) is 4.88. The Morgan fingerprint density at radius 1 is 1.29 bits per heavy atom. The summed E-state index contributed by atoms with van der Waals surface area (Å²) in [5.41, 5.74) is -0.432. The standard InChI is InChI=1S/C13H15F2NO/c14-13(15)7-5-12(17,6-8-13)11-3-1-10(9-16)2-4-11/h1,3-4,10,17H,2,5-8H2. The summed E-state index contributed by atoms with van der Waals surface area (Å²) in [7, 11) is 0. The smallest absolute Gasteiger partial charge is 0.248 e. The SMILES string of the molecule is N#CC1C=CC(C2(O)CCC(F)(F)CC2)=CC1. The van der Waals surface area contributed by atoms with E-state index in [1.807, 2.05) is 0 Å². The van der Waals surface area contributed by atoms with E-state index in [1.165, 1.54) is 0 Å². The molecule has 1 saturated carbocycles. The summed E-state index contributed by atoms with van der Waals surface area (Å²) in [6.45, 7) is 0. The van der Waals surface area contributed by atoms with E-state index in [1.54, 1.807) is 18.2 Å². The van der Waals surface area contributed by atoms with Crippen LogP contribution in [0.4, 0.5) is 8.78 Å². The van der Waals surface area contributed by atoms with Crippen molar-refractivity contribution in [2.45, 2.75) is 43.6 Å². The van der Waals surface area contributed by atoms with E-state index in [0.717, 1.165) is 0 Å². The van der Waals surface area contributed by atoms with Crippen LogP contribution in [0.5, 0.6) is 0 Å². The molecule has 0 aliphatic heterocycles. The second kappa shape index (κ2) is 4.23. The highest BCUT2D eigenvalue weighted by atomic mass is 19.3. The number of rotatable bonds is 1. The Morgan fingerprint density at radius 2 is 1.94 bits per heavy atom. The predicted molar refractivity (Wildman–Crippen MR) is 59.3 cm³/mol. The number of halogens is 2. The Labute approximate surface area is 99.2 Å². The van der Waals surface area contributed by atoms with Crippen molar-refractivity contribution < 1.29 is 13.9 Å². The fraction of sp³-hybridized carbons (Fsp3) is 0.615. The lowest BCUT2D eigenvalue weighted by molar-refractivity contribution is -0.0883. The molecule has 2 aliphatic rings. The van der Waals surface area contributed by atoms with Gasteiger partial charge in [0.2, 0.25) is 5.92 Å². The van der Waals surface area contributed by atoms with Crippen LogP contribution in [-0.4, -0.2) is 16.6 Å². The molecule has 0 aromatic carbocycles. The van der Waals surface area contributed by atoms with Gasteiger partial charge in [-0.1, -0.05) is 18.2 Å². The van der Waals surface area contributed by atoms with Crippen LogP contribution >= 0.6 is 0 Å². The van der Waals surface area contributed by atoms with Crippen molar-refractivity contribution in [1.29, 1.82) is 5.26 Å². The first-order valence-corrected chi connectivity index (χ1v) is 5.84. The highest BCUT2D eigenvalue weighted by molar-refractivity contribution is 5.34. The maximum atomic E-state index is 13.0. The van der Waals surface area contributed by atoms with E-state index in [0.29, 0.717) is 12.0 Å². The summed E-state index contributed by atoms with van der Waals surface area (Å²) in [6, 6.07) is 2.12. The van der Waals surface area contributed by atoms with Gasteiger partial charge in [-0.05, 0) is 24.8 Å². The topological polar surface area (TPSA) is 44.0 Å². The Morgan fingerprint density at radius 3 is 2.41 bits per heavy atom. The first kappa shape index (κ1) is 12.3. The van der Waals surface area contributed by atoms with Crippen molar-refractivity contribution in [2.75, 3.05) is 0 Å². The lowest BCUT2D eigenvalue weighted by Gasteiger charge is -2.37. The summed E-state index contributed by atoms with van der Waals surface area (Å²) in [6.07, 6.45) is 5.45. The molecule has 0 radical (unpaired) electrons. The minimum Gasteiger partial charge on any atom is -0.385 e. The predicted octanol–water partition coefficient (Wildman–Crippen LogP) is 2.95. The summed E-state index contributed by atoms with van der Waals surface area (Å²) in [4.78, 5) is 0. The van der Waals surface area contributed by atoms with Crippen molar-refractivity contribution in [2.24, 2.45) is 5.92 Å². The van der Waals surface area contributed by atoms with Crippen molar-refractivity contribution in [3.05, 3.63) is 23.8 Å². The zero-order valence-electron chi connectivity index (χ0n) is 9.50. The highest BCUT2D eigenvalue weighted by Gasteiger charge is 2.43. The zero-order chi connectivity index (χ0) is 12.5. The van der Waals surface area contributed by atoms with Crippen LogP contribution in [0.25, 0.3) is 0 Å². The average molecular weight is 239 g/mol. The van der Waals surface area contributed by atoms with Crippen LogP contribution in [0.3, 0.4) is 0 Å². The van der Waals surface area contributed by atoms with Crippen molar-refractivity contribution in [1.82, 2.24) is 0 Å². The van der Waals surface area contributed by atoms with Crippen LogP contribution < -0.4 is 0 Å². The minimum absolute atomic E-state index is 0.0907. The lowest BCUT2D eigenvalue weighted by Crippen LogP contribution is -2.40. The Bertz CT molecular complexity index is 396. The molecule has 2 aliphatic carbocycles. The Kier molecular flexibility index (Phi) is 3.05. The molecular weight excluding hydrogens is 224 g/mol. The molecule has 0 amide bonds. The van der Waals surface area contributed by atoms with E-state index in [9.17, 15) is 13.9 Å². The van der Waals surface area contributed by atoms with Gasteiger partial charge < -0.3 is 5.11 Å². The molecule has 0 aromatic rings. The molecule has 1 unspecified atom stereocenters. The molecule has 2 nitrogen and oxygen atoms in total. The van der Waals surface area contributed by atoms with Crippen LogP contribution in [-0.2, 0) is 0 Å². The Balaban J connectivity index is 2.07. The van der Waals surface area contributed by atoms with Gasteiger partial charge in [0.15, 0.2) is 0 Å². The molecule has 0 saturated heterocycles. The fourth-order valence-electron chi connectivity index (χ4n) is 2.38. The second-order valence-corrected chi connectivity index (χ2v) is 4.88. The van der Waals surface area contributed by atoms with Gasteiger partial charge in [0.25, 0.3) is 0 Å². The molecule has 2 rings (SSSR count). The van der Waals surface area contributed by atoms with Gasteiger partial charge in [0.05, 0.1) is 17.6 Å². The minimum atomic E-state index is -2.64. The fourth-order valence-corrected chi connectivity index (χ4v) is 2.38. The molecule has 0 bridgehead atoms. The van der Waals surface area contributed by atoms with E-state index >= 15 is 0 Å². The van der Waals surface area contributed by atoms with Gasteiger partial charge >= 0.3 is 0 Å². The molecule has 1 atom stereocenters. The summed E-state index contributed by atoms with van der Waals surface area (Å²) < 4.78 is 26.1. The van der Waals surface area contributed by atoms with Crippen LogP contribution in [0, 0.1) is 17.2 Å². The quantitative estimate of drug-likeness (QED) is 0.764. The molecule has 1 fully saturated rings. The molecule has 4 heteroatoms. The van der Waals surface area contributed by atoms with E-state index in [-0.39, 0.29) is 31.6 Å². The molecule has 0 spiro atoms. The van der Waals surface area contributed by atoms with E-state index in [2.05, 4.69) is 6.07 Å². The van der Waals surface area contributed by atoms with Gasteiger partial charge in [-0.15, -0.1) is 0 Å². The van der Waals surface area contributed by atoms with Crippen LogP contribution in [0.15, 0.2) is 23.8 Å². The zero-order valence-corrected chi connectivity index (χ0v) is 9.50. The number of hydrogen-bond acceptors (Lipinski definition) is 2. The van der Waals surface area contributed by atoms with Crippen LogP contribution in [0.2, 0.25) is 0 Å². The molecule has 92 valence electrons. The third kappa shape index (κ3) is 2.55. The van der Waals surface area contributed by atoms with Gasteiger partial charge in [0.1, 0.15) is 0 Å². The number of allylic oxidation sites excluding steroid dienone is 2. The molecule has 17 heavy (non-hydrogen) atoms. The number of alkyl halides is 2. The Hall–Kier alpha value is -1.21. The van der Waals surface area contributed by atoms with Gasteiger partial charge in [0, 0.05) is 12.8 Å². The van der Waals surface area contributed by atoms with Gasteiger partial charge in [-0.2, -0.15) is 5.26 Å². The summed E-state index contributed by atoms with van der Waals surface area (Å²) in [5.74, 6) is -2.80. The number of nitrogens with zero attached hydrogens (tertiary/aromatic N) is 1. The number of hydrogen-bond donors (Lipinski definition) is 1. The molecular formula is C13H15F2NO. The monoisotopic (exact) mass is 239 g/mol. The van der Waals surface area contributed by atoms with E-state index in [4.69, 9.17) is 5.26 Å². The highest BCUT2D eigenvalue weighted by Crippen LogP contribution is 2.43. The van der Waals surface area contributed by atoms with Gasteiger partial charge in [-0.3, -0.25) is 0 Å². The van der Waals surface area contributed by atoms with Crippen LogP contribution in [0.1, 0.15) is 32.1 Å². The lowest BCUT2D eigenvalue weighted by atomic mass is 9.75. The molecule has 1 N–H and O–H groups in total. The van der Waals surface area contributed by atoms with Gasteiger partial charge in [-0.25, -0.2) is 8.78 Å². The number of nitriles is 1. The third-order valence-corrected chi connectivity index (χ3v) is 3.61. The molecule has 0 heterocycles.